The van der Waals surface area contributed by atoms with Crippen LogP contribution in [0.25, 0.3) is 0 Å². The predicted molar refractivity (Wildman–Crippen MR) is 141 cm³/mol. The first kappa shape index (κ1) is 27.3. The summed E-state index contributed by atoms with van der Waals surface area (Å²) in [4.78, 5) is 0. The molecule has 0 aromatic heterocycles. The molecule has 33 heavy (non-hydrogen) atoms. The number of allylic oxidation sites excluding steroid dienone is 2. The van der Waals surface area contributed by atoms with Crippen LogP contribution in [0.1, 0.15) is 132 Å². The molecule has 0 heterocycles. The quantitative estimate of drug-likeness (QED) is 0.357. The van der Waals surface area contributed by atoms with Gasteiger partial charge in [0.05, 0.1) is 11.7 Å². The number of aliphatic hydroxyl groups excluding tert-OH is 1. The first-order valence-corrected chi connectivity index (χ1v) is 14.3. The summed E-state index contributed by atoms with van der Waals surface area (Å²) in [5.41, 5.74) is 1.68. The standard InChI is InChI=1S/C31H56O2/c1-9-10-14-24(31(8,33)18-11-13-22(2)3)23-21-29(6)19-15-26-28(4,5)16-12-17-30(26,7)27(29)20-25(23)32/h13,23-27,32-33H,9-12,14-21H2,1-8H3. The van der Waals surface area contributed by atoms with Crippen molar-refractivity contribution in [2.24, 2.45) is 39.9 Å². The molecular formula is C31H56O2. The van der Waals surface area contributed by atoms with Gasteiger partial charge in [0.1, 0.15) is 0 Å². The molecule has 3 fully saturated rings. The molecule has 0 radical (unpaired) electrons. The minimum atomic E-state index is -0.718. The van der Waals surface area contributed by atoms with Gasteiger partial charge in [0.25, 0.3) is 0 Å². The zero-order valence-electron chi connectivity index (χ0n) is 23.3. The Kier molecular flexibility index (Phi) is 8.23. The van der Waals surface area contributed by atoms with E-state index in [9.17, 15) is 10.2 Å². The van der Waals surface area contributed by atoms with Gasteiger partial charge in [-0.15, -0.1) is 0 Å². The van der Waals surface area contributed by atoms with Gasteiger partial charge in [0.2, 0.25) is 0 Å². The van der Waals surface area contributed by atoms with E-state index >= 15 is 0 Å². The molecule has 2 heteroatoms. The number of hydrogen-bond acceptors (Lipinski definition) is 2. The Morgan fingerprint density at radius 2 is 1.79 bits per heavy atom. The van der Waals surface area contributed by atoms with E-state index in [0.29, 0.717) is 22.2 Å². The molecule has 3 rings (SSSR count). The van der Waals surface area contributed by atoms with Crippen LogP contribution >= 0.6 is 0 Å². The zero-order valence-corrected chi connectivity index (χ0v) is 23.3. The van der Waals surface area contributed by atoms with Crippen molar-refractivity contribution in [2.45, 2.75) is 144 Å². The summed E-state index contributed by atoms with van der Waals surface area (Å²) in [6, 6.07) is 0. The molecule has 0 amide bonds. The molecule has 0 saturated heterocycles. The van der Waals surface area contributed by atoms with Gasteiger partial charge in [0, 0.05) is 0 Å². The molecule has 3 aliphatic carbocycles. The fourth-order valence-corrected chi connectivity index (χ4v) is 9.30. The Hall–Kier alpha value is -0.340. The maximum atomic E-state index is 11.7. The van der Waals surface area contributed by atoms with Crippen LogP contribution in [0.15, 0.2) is 11.6 Å². The minimum absolute atomic E-state index is 0.184. The second-order valence-corrected chi connectivity index (χ2v) is 14.2. The highest BCUT2D eigenvalue weighted by Gasteiger charge is 2.61. The average Bonchev–Trinajstić information content (AvgIpc) is 2.68. The van der Waals surface area contributed by atoms with E-state index in [2.05, 4.69) is 61.5 Å². The number of aliphatic hydroxyl groups is 2. The summed E-state index contributed by atoms with van der Waals surface area (Å²) in [6.45, 7) is 18.7. The third-order valence-electron chi connectivity index (χ3n) is 11.0. The highest BCUT2D eigenvalue weighted by molar-refractivity contribution is 5.11. The third-order valence-corrected chi connectivity index (χ3v) is 11.0. The van der Waals surface area contributed by atoms with Crippen LogP contribution in [-0.4, -0.2) is 21.9 Å². The maximum Gasteiger partial charge on any atom is 0.0654 e. The van der Waals surface area contributed by atoms with Gasteiger partial charge in [0.15, 0.2) is 0 Å². The molecule has 0 spiro atoms. The molecule has 0 aliphatic heterocycles. The summed E-state index contributed by atoms with van der Waals surface area (Å²) in [5, 5.41) is 23.4. The van der Waals surface area contributed by atoms with Crippen LogP contribution in [-0.2, 0) is 0 Å². The summed E-state index contributed by atoms with van der Waals surface area (Å²) >= 11 is 0. The Bertz CT molecular complexity index is 687. The van der Waals surface area contributed by atoms with E-state index < -0.39 is 5.60 Å². The number of fused-ring (bicyclic) bond motifs is 3. The van der Waals surface area contributed by atoms with Crippen LogP contribution < -0.4 is 0 Å². The van der Waals surface area contributed by atoms with Gasteiger partial charge < -0.3 is 10.2 Å². The van der Waals surface area contributed by atoms with Gasteiger partial charge >= 0.3 is 0 Å². The van der Waals surface area contributed by atoms with Crippen LogP contribution in [0.2, 0.25) is 0 Å². The lowest BCUT2D eigenvalue weighted by Crippen LogP contribution is -2.60. The summed E-state index contributed by atoms with van der Waals surface area (Å²) < 4.78 is 0. The number of rotatable bonds is 8. The van der Waals surface area contributed by atoms with E-state index in [-0.39, 0.29) is 17.9 Å². The van der Waals surface area contributed by atoms with E-state index in [4.69, 9.17) is 0 Å². The van der Waals surface area contributed by atoms with Gasteiger partial charge in [-0.1, -0.05) is 65.5 Å². The van der Waals surface area contributed by atoms with Crippen molar-refractivity contribution in [1.82, 2.24) is 0 Å². The van der Waals surface area contributed by atoms with Gasteiger partial charge in [-0.2, -0.15) is 0 Å². The molecule has 0 aromatic carbocycles. The maximum absolute atomic E-state index is 11.7. The Balaban J connectivity index is 1.86. The van der Waals surface area contributed by atoms with Crippen molar-refractivity contribution >= 4 is 0 Å². The summed E-state index contributed by atoms with van der Waals surface area (Å²) in [7, 11) is 0. The second kappa shape index (κ2) is 9.96. The molecular weight excluding hydrogens is 404 g/mol. The van der Waals surface area contributed by atoms with Gasteiger partial charge in [-0.3, -0.25) is 0 Å². The summed E-state index contributed by atoms with van der Waals surface area (Å²) in [5.74, 6) is 1.79. The Morgan fingerprint density at radius 3 is 2.42 bits per heavy atom. The monoisotopic (exact) mass is 460 g/mol. The van der Waals surface area contributed by atoms with E-state index in [1.807, 2.05) is 0 Å². The molecule has 3 aliphatic rings. The Labute approximate surface area is 206 Å². The first-order chi connectivity index (χ1) is 15.3. The van der Waals surface area contributed by atoms with Crippen molar-refractivity contribution in [3.05, 3.63) is 11.6 Å². The van der Waals surface area contributed by atoms with Gasteiger partial charge in [-0.25, -0.2) is 0 Å². The largest absolute Gasteiger partial charge is 0.393 e. The summed E-state index contributed by atoms with van der Waals surface area (Å²) in [6.07, 6.45) is 15.7. The minimum Gasteiger partial charge on any atom is -0.393 e. The van der Waals surface area contributed by atoms with E-state index in [0.717, 1.165) is 50.9 Å². The fourth-order valence-electron chi connectivity index (χ4n) is 9.30. The molecule has 2 nitrogen and oxygen atoms in total. The van der Waals surface area contributed by atoms with Crippen LogP contribution in [0.5, 0.6) is 0 Å². The lowest BCUT2D eigenvalue weighted by Gasteiger charge is -2.66. The molecule has 192 valence electrons. The lowest BCUT2D eigenvalue weighted by molar-refractivity contribution is -0.189. The normalized spacial score (nSPS) is 40.8. The molecule has 8 unspecified atom stereocenters. The smallest absolute Gasteiger partial charge is 0.0654 e. The highest BCUT2D eigenvalue weighted by atomic mass is 16.3. The Morgan fingerprint density at radius 1 is 1.09 bits per heavy atom. The van der Waals surface area contributed by atoms with Crippen molar-refractivity contribution in [2.75, 3.05) is 0 Å². The van der Waals surface area contributed by atoms with E-state index in [1.165, 1.54) is 37.7 Å². The molecule has 2 N–H and O–H groups in total. The zero-order chi connectivity index (χ0) is 24.7. The third kappa shape index (κ3) is 5.42. The lowest BCUT2D eigenvalue weighted by atomic mass is 9.39. The molecule has 8 atom stereocenters. The molecule has 0 aromatic rings. The van der Waals surface area contributed by atoms with Crippen molar-refractivity contribution in [1.29, 1.82) is 0 Å². The highest BCUT2D eigenvalue weighted by Crippen LogP contribution is 2.68. The first-order valence-electron chi connectivity index (χ1n) is 14.3. The number of unbranched alkanes of at least 4 members (excludes halogenated alkanes) is 1. The van der Waals surface area contributed by atoms with Crippen molar-refractivity contribution in [3.63, 3.8) is 0 Å². The predicted octanol–water partition coefficient (Wildman–Crippen LogP) is 8.31. The van der Waals surface area contributed by atoms with E-state index in [1.54, 1.807) is 0 Å². The fraction of sp³-hybridized carbons (Fsp3) is 0.935. The van der Waals surface area contributed by atoms with Crippen LogP contribution in [0.4, 0.5) is 0 Å². The second-order valence-electron chi connectivity index (χ2n) is 14.2. The van der Waals surface area contributed by atoms with Gasteiger partial charge in [-0.05, 0) is 118 Å². The molecule has 0 bridgehead atoms. The average molecular weight is 461 g/mol. The van der Waals surface area contributed by atoms with Crippen molar-refractivity contribution < 1.29 is 10.2 Å². The van der Waals surface area contributed by atoms with Crippen molar-refractivity contribution in [3.8, 4) is 0 Å². The number of hydrogen-bond donors (Lipinski definition) is 2. The topological polar surface area (TPSA) is 40.5 Å². The molecule has 3 saturated carbocycles. The van der Waals surface area contributed by atoms with Crippen LogP contribution in [0.3, 0.4) is 0 Å². The SMILES string of the molecule is CCCCC(C1CC2(C)CCC3C(C)(C)CCCC3(C)C2CC1O)C(C)(O)CCC=C(C)C. The van der Waals surface area contributed by atoms with Crippen LogP contribution in [0, 0.1) is 39.9 Å².